The first kappa shape index (κ1) is 22.5. The zero-order valence-electron chi connectivity index (χ0n) is 17.2. The second kappa shape index (κ2) is 7.79. The summed E-state index contributed by atoms with van der Waals surface area (Å²) in [6, 6.07) is 0. The molecule has 3 saturated carbocycles. The number of fused-ring (bicyclic) bond motifs is 5. The molecule has 0 spiro atoms. The number of hydrogen-bond donors (Lipinski definition) is 3. The minimum absolute atomic E-state index is 0. The minimum Gasteiger partial charge on any atom is -0.481 e. The van der Waals surface area contributed by atoms with Crippen molar-refractivity contribution >= 4 is 57.4 Å². The summed E-state index contributed by atoms with van der Waals surface area (Å²) in [5.41, 5.74) is 0.708. The molecule has 0 aromatic rings. The van der Waals surface area contributed by atoms with E-state index in [1.54, 1.807) is 0 Å². The van der Waals surface area contributed by atoms with Gasteiger partial charge in [0.1, 0.15) is 0 Å². The van der Waals surface area contributed by atoms with Crippen molar-refractivity contribution in [3.05, 3.63) is 11.6 Å². The molecule has 0 amide bonds. The van der Waals surface area contributed by atoms with Gasteiger partial charge in [0.05, 0.1) is 11.7 Å². The number of carbonyl (C=O) groups is 1. The van der Waals surface area contributed by atoms with Crippen LogP contribution in [-0.2, 0) is 4.79 Å². The van der Waals surface area contributed by atoms with Crippen LogP contribution in [-0.4, -0.2) is 84.4 Å². The minimum atomic E-state index is -0.825. The molecule has 4 rings (SSSR count). The maximum Gasteiger partial charge on any atom is 0.303 e. The zero-order valence-corrected chi connectivity index (χ0v) is 20.3. The van der Waals surface area contributed by atoms with E-state index >= 15 is 0 Å². The molecule has 0 bridgehead atoms. The van der Waals surface area contributed by atoms with Gasteiger partial charge in [-0.15, -0.1) is 0 Å². The smallest absolute Gasteiger partial charge is 0.303 e. The summed E-state index contributed by atoms with van der Waals surface area (Å²) in [4.78, 5) is 11.1. The molecule has 147 valence electrons. The van der Waals surface area contributed by atoms with E-state index in [-0.39, 0.29) is 74.7 Å². The van der Waals surface area contributed by atoms with Crippen molar-refractivity contribution in [2.24, 2.45) is 28.6 Å². The van der Waals surface area contributed by atoms with Crippen molar-refractivity contribution in [2.45, 2.75) is 89.8 Å². The third-order valence-corrected chi connectivity index (χ3v) is 9.15. The summed E-state index contributed by atoms with van der Waals surface area (Å²) in [6.07, 6.45) is 10.5. The quantitative estimate of drug-likeness (QED) is 0.499. The molecule has 3 N–H and O–H groups in total. The molecule has 4 aliphatic rings. The average Bonchev–Trinajstić information content (AvgIpc) is 2.86. The van der Waals surface area contributed by atoms with Gasteiger partial charge in [-0.25, -0.2) is 0 Å². The second-order valence-electron chi connectivity index (χ2n) is 10.1. The van der Waals surface area contributed by atoms with E-state index in [9.17, 15) is 15.0 Å². The largest absolute Gasteiger partial charge is 0.481 e. The molecular formula is C22H34KO4. The Labute approximate surface area is 205 Å². The van der Waals surface area contributed by atoms with Crippen molar-refractivity contribution in [2.75, 3.05) is 0 Å². The van der Waals surface area contributed by atoms with Crippen molar-refractivity contribution in [3.8, 4) is 0 Å². The summed E-state index contributed by atoms with van der Waals surface area (Å²) in [5, 5.41) is 30.6. The summed E-state index contributed by atoms with van der Waals surface area (Å²) in [5.74, 6) is 0.922. The van der Waals surface area contributed by atoms with Gasteiger partial charge in [0, 0.05) is 57.8 Å². The third kappa shape index (κ3) is 3.47. The SMILES string of the molecule is C[C@]12CC[C@H](O)CC1=CC[C@@H]1[C@@H]2CC[C@@]2(C)[C@H]1CC[C@@]2(O)CCC(=O)O.[K]. The Bertz CT molecular complexity index is 634. The predicted octanol–water partition coefficient (Wildman–Crippen LogP) is 3.53. The number of allylic oxidation sites excluding steroid dienone is 1. The third-order valence-electron chi connectivity index (χ3n) is 9.15. The fourth-order valence-electron chi connectivity index (χ4n) is 7.48. The topological polar surface area (TPSA) is 77.8 Å². The Hall–Kier alpha value is 0.766. The fourth-order valence-corrected chi connectivity index (χ4v) is 7.48. The van der Waals surface area contributed by atoms with Crippen molar-refractivity contribution in [1.82, 2.24) is 0 Å². The van der Waals surface area contributed by atoms with E-state index in [0.29, 0.717) is 24.2 Å². The molecule has 27 heavy (non-hydrogen) atoms. The normalized spacial score (nSPS) is 48.5. The number of aliphatic hydroxyl groups excluding tert-OH is 1. The average molecular weight is 402 g/mol. The van der Waals surface area contributed by atoms with Gasteiger partial charge in [-0.2, -0.15) is 0 Å². The molecular weight excluding hydrogens is 367 g/mol. The van der Waals surface area contributed by atoms with E-state index in [1.165, 1.54) is 5.57 Å². The Morgan fingerprint density at radius 3 is 2.56 bits per heavy atom. The summed E-state index contributed by atoms with van der Waals surface area (Å²) < 4.78 is 0. The Morgan fingerprint density at radius 1 is 1.15 bits per heavy atom. The molecule has 3 fully saturated rings. The monoisotopic (exact) mass is 401 g/mol. The first-order valence-electron chi connectivity index (χ1n) is 10.5. The van der Waals surface area contributed by atoms with Gasteiger partial charge >= 0.3 is 5.97 Å². The van der Waals surface area contributed by atoms with Crippen LogP contribution >= 0.6 is 0 Å². The molecule has 4 aliphatic carbocycles. The number of carboxylic acids is 1. The van der Waals surface area contributed by atoms with Crippen LogP contribution in [0.3, 0.4) is 0 Å². The van der Waals surface area contributed by atoms with Crippen molar-refractivity contribution < 1.29 is 20.1 Å². The number of aliphatic hydroxyl groups is 2. The van der Waals surface area contributed by atoms with Crippen LogP contribution in [0.5, 0.6) is 0 Å². The van der Waals surface area contributed by atoms with Gasteiger partial charge in [0.2, 0.25) is 0 Å². The van der Waals surface area contributed by atoms with Crippen LogP contribution in [0.25, 0.3) is 0 Å². The van der Waals surface area contributed by atoms with Gasteiger partial charge in [-0.05, 0) is 86.4 Å². The molecule has 0 aromatic carbocycles. The Morgan fingerprint density at radius 2 is 1.85 bits per heavy atom. The fraction of sp³-hybridized carbons (Fsp3) is 0.864. The molecule has 0 aliphatic heterocycles. The van der Waals surface area contributed by atoms with E-state index in [4.69, 9.17) is 5.11 Å². The number of hydrogen-bond acceptors (Lipinski definition) is 3. The molecule has 1 radical (unpaired) electrons. The number of carboxylic acid groups (broad SMARTS) is 1. The summed E-state index contributed by atoms with van der Waals surface area (Å²) in [7, 11) is 0. The summed E-state index contributed by atoms with van der Waals surface area (Å²) >= 11 is 0. The van der Waals surface area contributed by atoms with Gasteiger partial charge in [-0.3, -0.25) is 4.79 Å². The van der Waals surface area contributed by atoms with E-state index in [2.05, 4.69) is 19.9 Å². The first-order chi connectivity index (χ1) is 12.2. The molecule has 0 unspecified atom stereocenters. The van der Waals surface area contributed by atoms with Crippen LogP contribution in [0, 0.1) is 28.6 Å². The molecule has 7 atom stereocenters. The van der Waals surface area contributed by atoms with E-state index in [1.807, 2.05) is 0 Å². The maximum atomic E-state index is 11.4. The second-order valence-corrected chi connectivity index (χ2v) is 10.1. The molecule has 0 heterocycles. The standard InChI is InChI=1S/C22H34O4.K/c1-20-9-5-15(23)13-14(20)3-4-16-17(20)6-10-21(2)18(16)7-11-22(21,26)12-8-19(24)25;/h3,15-18,23,26H,4-13H2,1-2H3,(H,24,25);/t15-,16+,17-,18-,20-,21-,22+;/m0./s1. The van der Waals surface area contributed by atoms with Crippen LogP contribution in [0.1, 0.15) is 78.1 Å². The molecule has 0 aromatic heterocycles. The molecule has 5 heteroatoms. The predicted molar refractivity (Wildman–Crippen MR) is 105 cm³/mol. The first-order valence-corrected chi connectivity index (χ1v) is 10.5. The van der Waals surface area contributed by atoms with Crippen LogP contribution < -0.4 is 0 Å². The summed E-state index contributed by atoms with van der Waals surface area (Å²) in [6.45, 7) is 4.64. The van der Waals surface area contributed by atoms with E-state index < -0.39 is 11.6 Å². The van der Waals surface area contributed by atoms with Crippen LogP contribution in [0.2, 0.25) is 0 Å². The van der Waals surface area contributed by atoms with Gasteiger partial charge in [0.25, 0.3) is 0 Å². The maximum absolute atomic E-state index is 11.4. The van der Waals surface area contributed by atoms with Gasteiger partial charge < -0.3 is 15.3 Å². The molecule has 0 saturated heterocycles. The van der Waals surface area contributed by atoms with Crippen molar-refractivity contribution in [3.63, 3.8) is 0 Å². The van der Waals surface area contributed by atoms with Gasteiger partial charge in [-0.1, -0.05) is 25.5 Å². The van der Waals surface area contributed by atoms with Crippen molar-refractivity contribution in [1.29, 1.82) is 0 Å². The van der Waals surface area contributed by atoms with Crippen LogP contribution in [0.15, 0.2) is 11.6 Å². The zero-order chi connectivity index (χ0) is 18.7. The van der Waals surface area contributed by atoms with Crippen LogP contribution in [0.4, 0.5) is 0 Å². The van der Waals surface area contributed by atoms with Gasteiger partial charge in [0.15, 0.2) is 0 Å². The Balaban J connectivity index is 0.00000210. The Kier molecular flexibility index (Phi) is 6.48. The molecule has 4 nitrogen and oxygen atoms in total. The number of rotatable bonds is 3. The van der Waals surface area contributed by atoms with E-state index in [0.717, 1.165) is 51.4 Å². The number of aliphatic carboxylic acids is 1.